The van der Waals surface area contributed by atoms with E-state index in [0.717, 1.165) is 0 Å². The van der Waals surface area contributed by atoms with Crippen LogP contribution in [0.2, 0.25) is 0 Å². The molecule has 0 N–H and O–H groups in total. The van der Waals surface area contributed by atoms with Crippen molar-refractivity contribution in [2.75, 3.05) is 0 Å². The van der Waals surface area contributed by atoms with Crippen molar-refractivity contribution >= 4 is 11.5 Å². The van der Waals surface area contributed by atoms with Gasteiger partial charge in [-0.2, -0.15) is 0 Å². The third kappa shape index (κ3) is 2.40. The van der Waals surface area contributed by atoms with E-state index >= 15 is 0 Å². The van der Waals surface area contributed by atoms with Gasteiger partial charge < -0.3 is 0 Å². The third-order valence-electron chi connectivity index (χ3n) is 2.41. The minimum absolute atomic E-state index is 0.0274. The fourth-order valence-corrected chi connectivity index (χ4v) is 1.67. The van der Waals surface area contributed by atoms with E-state index in [1.165, 1.54) is 13.0 Å². The van der Waals surface area contributed by atoms with Gasteiger partial charge in [0.25, 0.3) is 5.69 Å². The molecule has 0 saturated heterocycles. The number of carbonyl (C=O) groups is 1. The van der Waals surface area contributed by atoms with Crippen LogP contribution in [0, 0.1) is 10.1 Å². The van der Waals surface area contributed by atoms with Crippen LogP contribution in [0.5, 0.6) is 0 Å². The van der Waals surface area contributed by atoms with Crippen molar-refractivity contribution in [3.8, 4) is 0 Å². The number of carbonyl (C=O) groups excluding carboxylic acids is 1. The predicted molar refractivity (Wildman–Crippen MR) is 56.8 cm³/mol. The first-order valence-electron chi connectivity index (χ1n) is 4.81. The number of hydrogen-bond donors (Lipinski definition) is 0. The first-order valence-corrected chi connectivity index (χ1v) is 4.81. The molecule has 4 heteroatoms. The highest BCUT2D eigenvalue weighted by Gasteiger charge is 2.23. The lowest BCUT2D eigenvalue weighted by Gasteiger charge is -2.11. The molecule has 1 rings (SSSR count). The van der Waals surface area contributed by atoms with Gasteiger partial charge in [-0.15, -0.1) is 0 Å². The Balaban J connectivity index is 3.22. The molecule has 1 atom stereocenters. The Morgan fingerprint density at radius 2 is 2.07 bits per heavy atom. The Bertz CT molecular complexity index is 387. The molecule has 1 aromatic rings. The largest absolute Gasteiger partial charge is 0.299 e. The van der Waals surface area contributed by atoms with E-state index in [4.69, 9.17) is 0 Å². The zero-order chi connectivity index (χ0) is 11.4. The summed E-state index contributed by atoms with van der Waals surface area (Å²) in [6.45, 7) is 3.31. The van der Waals surface area contributed by atoms with Gasteiger partial charge in [0.1, 0.15) is 5.78 Å². The normalized spacial score (nSPS) is 12.1. The lowest BCUT2D eigenvalue weighted by Crippen LogP contribution is -2.09. The molecule has 0 radical (unpaired) electrons. The van der Waals surface area contributed by atoms with Crippen LogP contribution in [0.3, 0.4) is 0 Å². The molecule has 1 unspecified atom stereocenters. The van der Waals surface area contributed by atoms with Crippen LogP contribution < -0.4 is 0 Å². The Morgan fingerprint density at radius 3 is 2.53 bits per heavy atom. The smallest absolute Gasteiger partial charge is 0.273 e. The van der Waals surface area contributed by atoms with Crippen LogP contribution in [-0.2, 0) is 4.79 Å². The number of para-hydroxylation sites is 1. The quantitative estimate of drug-likeness (QED) is 0.563. The van der Waals surface area contributed by atoms with Gasteiger partial charge in [-0.05, 0) is 13.3 Å². The Morgan fingerprint density at radius 1 is 1.47 bits per heavy atom. The summed E-state index contributed by atoms with van der Waals surface area (Å²) in [7, 11) is 0. The number of ketones is 1. The molecule has 0 heterocycles. The Hall–Kier alpha value is -1.71. The summed E-state index contributed by atoms with van der Waals surface area (Å²) in [5, 5.41) is 10.8. The zero-order valence-electron chi connectivity index (χ0n) is 8.77. The molecule has 0 aromatic heterocycles. The predicted octanol–water partition coefficient (Wildman–Crippen LogP) is 2.68. The zero-order valence-corrected chi connectivity index (χ0v) is 8.77. The molecule has 0 aliphatic carbocycles. The highest BCUT2D eigenvalue weighted by molar-refractivity contribution is 5.84. The maximum atomic E-state index is 11.3. The van der Waals surface area contributed by atoms with Gasteiger partial charge >= 0.3 is 0 Å². The van der Waals surface area contributed by atoms with Gasteiger partial charge in [-0.3, -0.25) is 14.9 Å². The average Bonchev–Trinajstić information content (AvgIpc) is 2.18. The summed E-state index contributed by atoms with van der Waals surface area (Å²) in [6, 6.07) is 6.40. The molecule has 15 heavy (non-hydrogen) atoms. The number of benzene rings is 1. The van der Waals surface area contributed by atoms with Crippen molar-refractivity contribution in [3.05, 3.63) is 39.9 Å². The van der Waals surface area contributed by atoms with Crippen molar-refractivity contribution in [2.24, 2.45) is 0 Å². The number of Topliss-reactive ketones (excluding diaryl/α,β-unsaturated/α-hetero) is 1. The molecular weight excluding hydrogens is 194 g/mol. The van der Waals surface area contributed by atoms with Crippen LogP contribution in [-0.4, -0.2) is 10.7 Å². The third-order valence-corrected chi connectivity index (χ3v) is 2.41. The Labute approximate surface area is 88.1 Å². The number of nitrogens with zero attached hydrogens (tertiary/aromatic N) is 1. The monoisotopic (exact) mass is 207 g/mol. The molecule has 0 amide bonds. The number of nitro benzene ring substituents is 1. The summed E-state index contributed by atoms with van der Waals surface area (Å²) in [5.41, 5.74) is 0.539. The molecular formula is C11H13NO3. The van der Waals surface area contributed by atoms with Gasteiger partial charge in [0.2, 0.25) is 0 Å². The molecule has 80 valence electrons. The van der Waals surface area contributed by atoms with E-state index in [9.17, 15) is 14.9 Å². The van der Waals surface area contributed by atoms with Crippen LogP contribution >= 0.6 is 0 Å². The Kier molecular flexibility index (Phi) is 3.55. The van der Waals surface area contributed by atoms with E-state index < -0.39 is 4.92 Å². The van der Waals surface area contributed by atoms with E-state index in [1.54, 1.807) is 18.2 Å². The molecule has 0 fully saturated rings. The van der Waals surface area contributed by atoms with Gasteiger partial charge in [0, 0.05) is 17.5 Å². The van der Waals surface area contributed by atoms with Crippen molar-refractivity contribution in [1.82, 2.24) is 0 Å². The summed E-state index contributed by atoms with van der Waals surface area (Å²) >= 11 is 0. The second kappa shape index (κ2) is 4.68. The van der Waals surface area contributed by atoms with Gasteiger partial charge in [-0.25, -0.2) is 0 Å². The lowest BCUT2D eigenvalue weighted by molar-refractivity contribution is -0.385. The SMILES string of the molecule is CCC(C(C)=O)c1ccccc1[N+](=O)[O-]. The first kappa shape index (κ1) is 11.4. The van der Waals surface area contributed by atoms with Crippen LogP contribution in [0.15, 0.2) is 24.3 Å². The fourth-order valence-electron chi connectivity index (χ4n) is 1.67. The van der Waals surface area contributed by atoms with Crippen molar-refractivity contribution in [2.45, 2.75) is 26.2 Å². The standard InChI is InChI=1S/C11H13NO3/c1-3-9(8(2)13)10-6-4-5-7-11(10)12(14)15/h4-7,9H,3H2,1-2H3. The maximum absolute atomic E-state index is 11.3. The second-order valence-corrected chi connectivity index (χ2v) is 3.39. The minimum Gasteiger partial charge on any atom is -0.299 e. The minimum atomic E-state index is -0.444. The molecule has 1 aromatic carbocycles. The highest BCUT2D eigenvalue weighted by Crippen LogP contribution is 2.29. The van der Waals surface area contributed by atoms with Gasteiger partial charge in [0.05, 0.1) is 4.92 Å². The number of rotatable bonds is 4. The maximum Gasteiger partial charge on any atom is 0.273 e. The van der Waals surface area contributed by atoms with E-state index in [-0.39, 0.29) is 17.4 Å². The first-order chi connectivity index (χ1) is 7.07. The van der Waals surface area contributed by atoms with Crippen molar-refractivity contribution in [1.29, 1.82) is 0 Å². The van der Waals surface area contributed by atoms with Crippen LogP contribution in [0.1, 0.15) is 31.7 Å². The molecule has 0 spiro atoms. The molecule has 0 saturated carbocycles. The summed E-state index contributed by atoms with van der Waals surface area (Å²) in [6.07, 6.45) is 0.584. The molecule has 0 bridgehead atoms. The molecule has 4 nitrogen and oxygen atoms in total. The van der Waals surface area contributed by atoms with Gasteiger partial charge in [0.15, 0.2) is 0 Å². The topological polar surface area (TPSA) is 60.2 Å². The summed E-state index contributed by atoms with van der Waals surface area (Å²) in [4.78, 5) is 21.6. The van der Waals surface area contributed by atoms with Gasteiger partial charge in [-0.1, -0.05) is 25.1 Å². The highest BCUT2D eigenvalue weighted by atomic mass is 16.6. The second-order valence-electron chi connectivity index (χ2n) is 3.39. The van der Waals surface area contributed by atoms with Crippen molar-refractivity contribution in [3.63, 3.8) is 0 Å². The number of hydrogen-bond acceptors (Lipinski definition) is 3. The van der Waals surface area contributed by atoms with Crippen LogP contribution in [0.4, 0.5) is 5.69 Å². The summed E-state index contributed by atoms with van der Waals surface area (Å²) < 4.78 is 0. The van der Waals surface area contributed by atoms with E-state index in [0.29, 0.717) is 12.0 Å². The van der Waals surface area contributed by atoms with Crippen molar-refractivity contribution < 1.29 is 9.72 Å². The summed E-state index contributed by atoms with van der Waals surface area (Å²) in [5.74, 6) is -0.404. The fraction of sp³-hybridized carbons (Fsp3) is 0.364. The van der Waals surface area contributed by atoms with E-state index in [2.05, 4.69) is 0 Å². The lowest BCUT2D eigenvalue weighted by atomic mass is 9.92. The molecule has 0 aliphatic heterocycles. The van der Waals surface area contributed by atoms with E-state index in [1.807, 2.05) is 6.92 Å². The average molecular weight is 207 g/mol. The van der Waals surface area contributed by atoms with Crippen LogP contribution in [0.25, 0.3) is 0 Å². The number of nitro groups is 1. The molecule has 0 aliphatic rings.